The average molecular weight is 745 g/mol. The number of phenols is 1. The second-order valence-electron chi connectivity index (χ2n) is 14.4. The molecule has 1 amide bonds. The molecule has 2 N–H and O–H groups in total. The zero-order valence-corrected chi connectivity index (χ0v) is 30.3. The number of phenolic OH excluding ortho intramolecular Hbond substituents is 1. The van der Waals surface area contributed by atoms with E-state index in [2.05, 4.69) is 22.5 Å². The number of hydrogen-bond acceptors (Lipinski definition) is 10. The number of rotatable bonds is 10. The third-order valence-electron chi connectivity index (χ3n) is 11.2. The topological polar surface area (TPSA) is 124 Å². The Morgan fingerprint density at radius 2 is 2.04 bits per heavy atom. The second kappa shape index (κ2) is 15.0. The first-order valence-electron chi connectivity index (χ1n) is 18.2. The number of likely N-dealkylation sites (tertiary alicyclic amines) is 2. The monoisotopic (exact) mass is 744 g/mol. The quantitative estimate of drug-likeness (QED) is 0.167. The number of aromatic hydroxyl groups is 1. The van der Waals surface area contributed by atoms with E-state index in [0.29, 0.717) is 44.5 Å². The number of aliphatic hydroxyl groups excluding tert-OH is 1. The number of amides is 1. The van der Waals surface area contributed by atoms with Crippen molar-refractivity contribution in [2.24, 2.45) is 0 Å². The van der Waals surface area contributed by atoms with Crippen LogP contribution in [0.4, 0.5) is 19.0 Å². The molecule has 4 aromatic rings. The average Bonchev–Trinajstić information content (AvgIpc) is 3.78. The fraction of sp³-hybridized carbons (Fsp3) is 0.450. The smallest absolute Gasteiger partial charge is 0.319 e. The van der Waals surface area contributed by atoms with Crippen LogP contribution in [0.1, 0.15) is 44.6 Å². The summed E-state index contributed by atoms with van der Waals surface area (Å²) in [6, 6.07) is 4.83. The highest BCUT2D eigenvalue weighted by Gasteiger charge is 2.52. The number of anilines is 1. The van der Waals surface area contributed by atoms with Crippen molar-refractivity contribution in [3.05, 3.63) is 60.3 Å². The van der Waals surface area contributed by atoms with Crippen LogP contribution in [0.15, 0.2) is 43.1 Å². The van der Waals surface area contributed by atoms with Crippen LogP contribution < -0.4 is 9.64 Å². The Morgan fingerprint density at radius 3 is 2.76 bits per heavy atom. The number of hydrogen-bond donors (Lipinski definition) is 2. The van der Waals surface area contributed by atoms with Gasteiger partial charge < -0.3 is 29.5 Å². The summed E-state index contributed by atoms with van der Waals surface area (Å²) < 4.78 is 59.1. The summed E-state index contributed by atoms with van der Waals surface area (Å²) in [7, 11) is 1.76. The number of alkyl halides is 1. The van der Waals surface area contributed by atoms with Crippen LogP contribution in [0.25, 0.3) is 32.9 Å². The number of likely N-dealkylation sites (N-methyl/N-ethyl adjacent to an activating group) is 1. The largest absolute Gasteiger partial charge is 0.508 e. The Hall–Kier alpha value is -4.97. The SMILES string of the molecule is C#Cc1c(F)ccc2cc(O)cc(-c3ncc4c(N(C)C[C@@H]5CCCN5C(=O)C=C)nc(OC[C@]5([C@H](C)O)C[C@@H](F)CN5C5CCOCC5)nc4c3F)c12. The van der Waals surface area contributed by atoms with Gasteiger partial charge in [0.15, 0.2) is 5.82 Å². The molecule has 3 aliphatic heterocycles. The zero-order valence-electron chi connectivity index (χ0n) is 30.3. The van der Waals surface area contributed by atoms with Gasteiger partial charge in [-0.25, -0.2) is 13.2 Å². The van der Waals surface area contributed by atoms with Gasteiger partial charge in [-0.15, -0.1) is 6.42 Å². The molecule has 0 spiro atoms. The van der Waals surface area contributed by atoms with Gasteiger partial charge in [-0.3, -0.25) is 14.7 Å². The number of halogens is 3. The highest BCUT2D eigenvalue weighted by atomic mass is 19.1. The molecule has 3 saturated heterocycles. The van der Waals surface area contributed by atoms with Crippen molar-refractivity contribution in [3.8, 4) is 35.4 Å². The van der Waals surface area contributed by atoms with Gasteiger partial charge in [-0.2, -0.15) is 9.97 Å². The van der Waals surface area contributed by atoms with Crippen molar-refractivity contribution in [2.75, 3.05) is 51.4 Å². The highest BCUT2D eigenvalue weighted by molar-refractivity contribution is 6.03. The number of terminal acetylenes is 1. The number of nitrogens with zero attached hydrogens (tertiary/aromatic N) is 6. The Kier molecular flexibility index (Phi) is 10.4. The maximum absolute atomic E-state index is 17.1. The molecular weight excluding hydrogens is 701 g/mol. The first kappa shape index (κ1) is 37.3. The van der Waals surface area contributed by atoms with Crippen molar-refractivity contribution in [2.45, 2.75) is 68.9 Å². The van der Waals surface area contributed by atoms with Gasteiger partial charge in [0.05, 0.1) is 22.6 Å². The number of fused-ring (bicyclic) bond motifs is 2. The zero-order chi connectivity index (χ0) is 38.3. The van der Waals surface area contributed by atoms with E-state index in [1.807, 2.05) is 4.90 Å². The van der Waals surface area contributed by atoms with Crippen molar-refractivity contribution < 1.29 is 37.7 Å². The van der Waals surface area contributed by atoms with Crippen LogP contribution in [-0.2, 0) is 9.53 Å². The van der Waals surface area contributed by atoms with Crippen LogP contribution >= 0.6 is 0 Å². The van der Waals surface area contributed by atoms with Gasteiger partial charge in [-0.05, 0) is 62.3 Å². The lowest BCUT2D eigenvalue weighted by Gasteiger charge is -2.45. The Labute approximate surface area is 311 Å². The summed E-state index contributed by atoms with van der Waals surface area (Å²) in [5.74, 6) is 0.591. The van der Waals surface area contributed by atoms with Crippen molar-refractivity contribution in [1.82, 2.24) is 24.8 Å². The van der Waals surface area contributed by atoms with Crippen LogP contribution in [0.5, 0.6) is 11.8 Å². The van der Waals surface area contributed by atoms with Gasteiger partial charge >= 0.3 is 6.01 Å². The summed E-state index contributed by atoms with van der Waals surface area (Å²) in [4.78, 5) is 31.8. The third-order valence-corrected chi connectivity index (χ3v) is 11.2. The molecule has 0 saturated carbocycles. The molecule has 14 heteroatoms. The molecule has 284 valence electrons. The summed E-state index contributed by atoms with van der Waals surface area (Å²) in [5.41, 5.74) is -1.62. The van der Waals surface area contributed by atoms with Gasteiger partial charge in [0.2, 0.25) is 5.91 Å². The van der Waals surface area contributed by atoms with E-state index < -0.39 is 29.4 Å². The number of carbonyl (C=O) groups is 1. The lowest BCUT2D eigenvalue weighted by Crippen LogP contribution is -2.60. The van der Waals surface area contributed by atoms with E-state index in [-0.39, 0.29) is 88.3 Å². The van der Waals surface area contributed by atoms with Crippen molar-refractivity contribution >= 4 is 33.4 Å². The number of pyridine rings is 1. The molecule has 54 heavy (non-hydrogen) atoms. The molecule has 5 heterocycles. The van der Waals surface area contributed by atoms with Crippen LogP contribution in [0.2, 0.25) is 0 Å². The molecule has 2 aromatic carbocycles. The summed E-state index contributed by atoms with van der Waals surface area (Å²) in [6.07, 6.45) is 9.05. The Balaban J connectivity index is 1.34. The van der Waals surface area contributed by atoms with Crippen LogP contribution in [0.3, 0.4) is 0 Å². The predicted octanol–water partition coefficient (Wildman–Crippen LogP) is 5.14. The molecule has 0 radical (unpaired) electrons. The van der Waals surface area contributed by atoms with Crippen molar-refractivity contribution in [1.29, 1.82) is 0 Å². The fourth-order valence-corrected chi connectivity index (χ4v) is 8.49. The molecule has 0 aliphatic carbocycles. The molecule has 7 rings (SSSR count). The molecule has 4 atom stereocenters. The van der Waals surface area contributed by atoms with E-state index in [0.717, 1.165) is 12.8 Å². The molecular formula is C40H43F3N6O5. The maximum Gasteiger partial charge on any atom is 0.319 e. The van der Waals surface area contributed by atoms with E-state index in [4.69, 9.17) is 20.9 Å². The minimum absolute atomic E-state index is 0.0122. The van der Waals surface area contributed by atoms with E-state index in [1.54, 1.807) is 23.8 Å². The minimum atomic E-state index is -1.21. The van der Waals surface area contributed by atoms with Crippen LogP contribution in [0, 0.1) is 24.0 Å². The second-order valence-corrected chi connectivity index (χ2v) is 14.4. The van der Waals surface area contributed by atoms with E-state index >= 15 is 8.78 Å². The lowest BCUT2D eigenvalue weighted by atomic mass is 9.88. The van der Waals surface area contributed by atoms with Gasteiger partial charge in [0, 0.05) is 75.5 Å². The van der Waals surface area contributed by atoms with Crippen LogP contribution in [-0.4, -0.2) is 117 Å². The number of carbonyl (C=O) groups excluding carboxylic acids is 1. The number of aliphatic hydroxyl groups is 1. The predicted molar refractivity (Wildman–Crippen MR) is 198 cm³/mol. The first-order valence-corrected chi connectivity index (χ1v) is 18.2. The maximum atomic E-state index is 17.1. The number of ether oxygens (including phenoxy) is 2. The number of benzene rings is 2. The minimum Gasteiger partial charge on any atom is -0.508 e. The van der Waals surface area contributed by atoms with E-state index in [9.17, 15) is 19.4 Å². The number of aromatic nitrogens is 3. The molecule has 0 bridgehead atoms. The molecule has 11 nitrogen and oxygen atoms in total. The summed E-state index contributed by atoms with van der Waals surface area (Å²) in [6.45, 7) is 7.11. The molecule has 2 aromatic heterocycles. The van der Waals surface area contributed by atoms with Gasteiger partial charge in [0.1, 0.15) is 41.4 Å². The normalized spacial score (nSPS) is 22.8. The fourth-order valence-electron chi connectivity index (χ4n) is 8.49. The molecule has 3 fully saturated rings. The van der Waals surface area contributed by atoms with Gasteiger partial charge in [-0.1, -0.05) is 18.6 Å². The third kappa shape index (κ3) is 6.69. The standard InChI is InChI=1S/C40H43F3N6O5/c1-5-29-32(42)10-9-24-16-28(51)17-30(34(24)29)36-35(43)37-31(19-44-36)38(47(4)21-27-8-7-13-48(27)33(52)6-2)46-39(45-37)54-22-40(23(3)50)18-25(41)20-49(40)26-11-14-53-15-12-26/h1,6,9-10,16-17,19,23,25-27,50-51H,2,7-8,11-15,18,20-22H2,3-4H3/t23-,25+,27-,40-/m0/s1. The van der Waals surface area contributed by atoms with Gasteiger partial charge in [0.25, 0.3) is 0 Å². The summed E-state index contributed by atoms with van der Waals surface area (Å²) >= 11 is 0. The van der Waals surface area contributed by atoms with Crippen molar-refractivity contribution in [3.63, 3.8) is 0 Å². The molecule has 3 aliphatic rings. The highest BCUT2D eigenvalue weighted by Crippen LogP contribution is 2.41. The molecule has 0 unspecified atom stereocenters. The lowest BCUT2D eigenvalue weighted by molar-refractivity contribution is -0.126. The Bertz CT molecular complexity index is 2140. The first-order chi connectivity index (χ1) is 25.9. The summed E-state index contributed by atoms with van der Waals surface area (Å²) in [5, 5.41) is 22.6. The Morgan fingerprint density at radius 1 is 1.26 bits per heavy atom. The van der Waals surface area contributed by atoms with E-state index in [1.165, 1.54) is 36.5 Å².